The van der Waals surface area contributed by atoms with E-state index in [-0.39, 0.29) is 26.2 Å². The average molecular weight is 380 g/mol. The van der Waals surface area contributed by atoms with E-state index in [0.29, 0.717) is 0 Å². The molecular formula is C18H24N2O7. The summed E-state index contributed by atoms with van der Waals surface area (Å²) in [5.41, 5.74) is 0.798. The number of amides is 1. The smallest absolute Gasteiger partial charge is 0.433 e. The first-order chi connectivity index (χ1) is 12.9. The van der Waals surface area contributed by atoms with E-state index in [2.05, 4.69) is 5.29 Å². The normalized spacial score (nSPS) is 28.6. The molecule has 1 heterocycles. The summed E-state index contributed by atoms with van der Waals surface area (Å²) >= 11 is 0. The number of aliphatic hydroxyl groups is 1. The van der Waals surface area contributed by atoms with Crippen LogP contribution in [-0.4, -0.2) is 59.6 Å². The van der Waals surface area contributed by atoms with Gasteiger partial charge in [0, 0.05) is 6.42 Å². The summed E-state index contributed by atoms with van der Waals surface area (Å²) in [6.45, 7) is 3.50. The number of aliphatic hydroxyl groups excluding tert-OH is 1. The quantitative estimate of drug-likeness (QED) is 0.569. The van der Waals surface area contributed by atoms with Crippen molar-refractivity contribution in [1.29, 1.82) is 0 Å². The van der Waals surface area contributed by atoms with Crippen LogP contribution < -0.4 is 0 Å². The minimum absolute atomic E-state index is 0.0276. The SMILES string of the molecule is CC1(C)O[C@@H]2[C@H](O1)[C@@H](OCCO)C[C@H]2N(N=O)C(=O)OCc1ccccc1. The molecule has 1 aliphatic heterocycles. The second-order valence-corrected chi connectivity index (χ2v) is 6.97. The van der Waals surface area contributed by atoms with Gasteiger partial charge in [0.1, 0.15) is 18.8 Å². The van der Waals surface area contributed by atoms with Crippen LogP contribution in [0.5, 0.6) is 0 Å². The first kappa shape index (κ1) is 19.7. The molecule has 1 aliphatic carbocycles. The number of benzene rings is 1. The maximum Gasteiger partial charge on any atom is 0.433 e. The molecule has 0 aromatic heterocycles. The van der Waals surface area contributed by atoms with E-state index in [1.807, 2.05) is 30.3 Å². The highest BCUT2D eigenvalue weighted by atomic mass is 16.8. The number of carbonyl (C=O) groups excluding carboxylic acids is 1. The molecule has 1 amide bonds. The molecule has 0 bridgehead atoms. The molecule has 1 aromatic rings. The van der Waals surface area contributed by atoms with Crippen molar-refractivity contribution in [2.24, 2.45) is 5.29 Å². The molecule has 3 rings (SSSR count). The lowest BCUT2D eigenvalue weighted by molar-refractivity contribution is -0.172. The zero-order valence-corrected chi connectivity index (χ0v) is 15.3. The molecule has 2 fully saturated rings. The second-order valence-electron chi connectivity index (χ2n) is 6.97. The highest BCUT2D eigenvalue weighted by Gasteiger charge is 2.57. The van der Waals surface area contributed by atoms with Crippen molar-refractivity contribution in [2.75, 3.05) is 13.2 Å². The molecule has 9 heteroatoms. The number of fused-ring (bicyclic) bond motifs is 1. The Kier molecular flexibility index (Phi) is 6.05. The Morgan fingerprint density at radius 3 is 2.67 bits per heavy atom. The molecule has 148 valence electrons. The van der Waals surface area contributed by atoms with Crippen molar-refractivity contribution in [2.45, 2.75) is 57.0 Å². The molecule has 0 spiro atoms. The van der Waals surface area contributed by atoms with E-state index in [1.165, 1.54) is 0 Å². The molecule has 9 nitrogen and oxygen atoms in total. The van der Waals surface area contributed by atoms with Gasteiger partial charge in [0.25, 0.3) is 0 Å². The number of carbonyl (C=O) groups is 1. The Hall–Kier alpha value is -2.07. The van der Waals surface area contributed by atoms with Gasteiger partial charge in [0.15, 0.2) is 5.79 Å². The van der Waals surface area contributed by atoms with Crippen LogP contribution >= 0.6 is 0 Å². The molecule has 1 aromatic carbocycles. The third-order valence-electron chi connectivity index (χ3n) is 4.60. The van der Waals surface area contributed by atoms with Crippen molar-refractivity contribution in [1.82, 2.24) is 5.01 Å². The summed E-state index contributed by atoms with van der Waals surface area (Å²) in [7, 11) is 0. The molecule has 1 N–H and O–H groups in total. The number of ether oxygens (including phenoxy) is 4. The van der Waals surface area contributed by atoms with Gasteiger partial charge >= 0.3 is 6.09 Å². The van der Waals surface area contributed by atoms with Crippen LogP contribution in [0.4, 0.5) is 4.79 Å². The number of nitrogens with zero attached hydrogens (tertiary/aromatic N) is 2. The van der Waals surface area contributed by atoms with Crippen molar-refractivity contribution in [3.05, 3.63) is 40.8 Å². The van der Waals surface area contributed by atoms with Gasteiger partial charge in [-0.1, -0.05) is 30.3 Å². The zero-order chi connectivity index (χ0) is 19.4. The largest absolute Gasteiger partial charge is 0.443 e. The molecule has 2 aliphatic rings. The monoisotopic (exact) mass is 380 g/mol. The van der Waals surface area contributed by atoms with Crippen LogP contribution in [0.1, 0.15) is 25.8 Å². The van der Waals surface area contributed by atoms with Crippen molar-refractivity contribution >= 4 is 6.09 Å². The second kappa shape index (κ2) is 8.30. The fraction of sp³-hybridized carbons (Fsp3) is 0.611. The summed E-state index contributed by atoms with van der Waals surface area (Å²) < 4.78 is 22.6. The van der Waals surface area contributed by atoms with Gasteiger partial charge in [-0.05, 0) is 19.4 Å². The van der Waals surface area contributed by atoms with Crippen molar-refractivity contribution in [3.63, 3.8) is 0 Å². The Labute approximate surface area is 157 Å². The van der Waals surface area contributed by atoms with Gasteiger partial charge in [-0.2, -0.15) is 5.01 Å². The Morgan fingerprint density at radius 2 is 2.00 bits per heavy atom. The van der Waals surface area contributed by atoms with E-state index in [4.69, 9.17) is 24.1 Å². The third kappa shape index (κ3) is 4.44. The van der Waals surface area contributed by atoms with Gasteiger partial charge in [-0.3, -0.25) is 0 Å². The fourth-order valence-electron chi connectivity index (χ4n) is 3.53. The van der Waals surface area contributed by atoms with Gasteiger partial charge in [0.05, 0.1) is 30.6 Å². The van der Waals surface area contributed by atoms with Gasteiger partial charge in [0.2, 0.25) is 0 Å². The molecule has 1 saturated carbocycles. The Bertz CT molecular complexity index is 654. The number of hydrogen-bond acceptors (Lipinski definition) is 8. The molecule has 1 saturated heterocycles. The highest BCUT2D eigenvalue weighted by Crippen LogP contribution is 2.42. The van der Waals surface area contributed by atoms with Crippen LogP contribution in [0.15, 0.2) is 35.6 Å². The summed E-state index contributed by atoms with van der Waals surface area (Å²) in [4.78, 5) is 23.9. The lowest BCUT2D eigenvalue weighted by atomic mass is 10.2. The maximum absolute atomic E-state index is 12.4. The lowest BCUT2D eigenvalue weighted by Gasteiger charge is -2.26. The van der Waals surface area contributed by atoms with Crippen LogP contribution in [0.2, 0.25) is 0 Å². The van der Waals surface area contributed by atoms with Crippen LogP contribution in [0.3, 0.4) is 0 Å². The predicted molar refractivity (Wildman–Crippen MR) is 93.3 cm³/mol. The van der Waals surface area contributed by atoms with Crippen LogP contribution in [0, 0.1) is 4.91 Å². The Balaban J connectivity index is 1.69. The van der Waals surface area contributed by atoms with Crippen molar-refractivity contribution < 1.29 is 28.8 Å². The predicted octanol–water partition coefficient (Wildman–Crippen LogP) is 1.98. The zero-order valence-electron chi connectivity index (χ0n) is 15.3. The van der Waals surface area contributed by atoms with Crippen LogP contribution in [0.25, 0.3) is 0 Å². The van der Waals surface area contributed by atoms with E-state index in [9.17, 15) is 9.70 Å². The van der Waals surface area contributed by atoms with E-state index in [0.717, 1.165) is 10.6 Å². The number of hydrogen-bond donors (Lipinski definition) is 1. The standard InChI is InChI=1S/C18H24N2O7/c1-18(2)26-15-13(10-14(16(15)27-18)24-9-8-21)20(19-23)17(22)25-11-12-6-4-3-5-7-12/h3-7,13-16,21H,8-11H2,1-2H3/t13-,14+,15+,16-/m1/s1. The maximum atomic E-state index is 12.4. The first-order valence-corrected chi connectivity index (χ1v) is 8.86. The number of rotatable bonds is 7. The minimum Gasteiger partial charge on any atom is -0.443 e. The number of nitroso groups, excluding NO2 is 1. The van der Waals surface area contributed by atoms with Gasteiger partial charge < -0.3 is 24.1 Å². The summed E-state index contributed by atoms with van der Waals surface area (Å²) in [5.74, 6) is -0.878. The highest BCUT2D eigenvalue weighted by molar-refractivity contribution is 5.67. The summed E-state index contributed by atoms with van der Waals surface area (Å²) in [5, 5.41) is 12.6. The molecule has 0 unspecified atom stereocenters. The third-order valence-corrected chi connectivity index (χ3v) is 4.60. The minimum atomic E-state index is -0.878. The lowest BCUT2D eigenvalue weighted by Crippen LogP contribution is -2.43. The van der Waals surface area contributed by atoms with E-state index in [1.54, 1.807) is 13.8 Å². The average Bonchev–Trinajstić information content (AvgIpc) is 3.13. The van der Waals surface area contributed by atoms with Gasteiger partial charge in [-0.25, -0.2) is 4.79 Å². The summed E-state index contributed by atoms with van der Waals surface area (Å²) in [6, 6.07) is 8.46. The topological polar surface area (TPSA) is 107 Å². The molecule has 4 atom stereocenters. The molecule has 0 radical (unpaired) electrons. The molecular weight excluding hydrogens is 356 g/mol. The Morgan fingerprint density at radius 1 is 1.30 bits per heavy atom. The summed E-state index contributed by atoms with van der Waals surface area (Å²) in [6.07, 6.45) is -2.04. The first-order valence-electron chi connectivity index (χ1n) is 8.86. The fourth-order valence-corrected chi connectivity index (χ4v) is 3.53. The van der Waals surface area contributed by atoms with E-state index >= 15 is 0 Å². The van der Waals surface area contributed by atoms with Crippen molar-refractivity contribution in [3.8, 4) is 0 Å². The van der Waals surface area contributed by atoms with Crippen LogP contribution in [-0.2, 0) is 25.6 Å². The van der Waals surface area contributed by atoms with Gasteiger partial charge in [-0.15, -0.1) is 4.91 Å². The molecule has 27 heavy (non-hydrogen) atoms. The van der Waals surface area contributed by atoms with E-state index < -0.39 is 36.2 Å².